The zero-order chi connectivity index (χ0) is 18.9. The lowest BCUT2D eigenvalue weighted by atomic mass is 10.1. The fourth-order valence-corrected chi connectivity index (χ4v) is 4.99. The zero-order valence-corrected chi connectivity index (χ0v) is 15.7. The third-order valence-corrected chi connectivity index (χ3v) is 6.88. The van der Waals surface area contributed by atoms with E-state index < -0.39 is 10.0 Å². The van der Waals surface area contributed by atoms with Gasteiger partial charge in [-0.1, -0.05) is 18.2 Å². The molecule has 0 bridgehead atoms. The molecule has 10 heteroatoms. The molecule has 4 rings (SSSR count). The van der Waals surface area contributed by atoms with Crippen molar-refractivity contribution in [1.82, 2.24) is 24.4 Å². The van der Waals surface area contributed by atoms with Crippen LogP contribution < -0.4 is 4.90 Å². The molecule has 3 heterocycles. The van der Waals surface area contributed by atoms with Gasteiger partial charge in [-0.05, 0) is 25.0 Å². The van der Waals surface area contributed by atoms with E-state index >= 15 is 0 Å². The van der Waals surface area contributed by atoms with Crippen molar-refractivity contribution in [3.8, 4) is 0 Å². The lowest BCUT2D eigenvalue weighted by Crippen LogP contribution is -2.54. The van der Waals surface area contributed by atoms with E-state index in [9.17, 15) is 13.2 Å². The summed E-state index contributed by atoms with van der Waals surface area (Å²) in [5, 5.41) is 5.84. The van der Waals surface area contributed by atoms with Gasteiger partial charge in [0.25, 0.3) is 15.2 Å². The number of hydrogen-bond acceptors (Lipinski definition) is 6. The van der Waals surface area contributed by atoms with Gasteiger partial charge in [-0.25, -0.2) is 18.5 Å². The highest BCUT2D eigenvalue weighted by atomic mass is 32.2. The maximum absolute atomic E-state index is 13.1. The van der Waals surface area contributed by atoms with E-state index in [1.807, 2.05) is 30.3 Å². The van der Waals surface area contributed by atoms with Crippen LogP contribution in [-0.4, -0.2) is 77.5 Å². The molecule has 9 nitrogen and oxygen atoms in total. The molecule has 2 saturated heterocycles. The Labute approximate surface area is 158 Å². The van der Waals surface area contributed by atoms with E-state index in [4.69, 9.17) is 0 Å². The Hall–Kier alpha value is -2.46. The van der Waals surface area contributed by atoms with E-state index in [-0.39, 0.29) is 30.2 Å². The number of rotatable bonds is 4. The van der Waals surface area contributed by atoms with Gasteiger partial charge < -0.3 is 9.80 Å². The normalized spacial score (nSPS) is 21.6. The van der Waals surface area contributed by atoms with Crippen molar-refractivity contribution in [3.63, 3.8) is 0 Å². The molecule has 1 aromatic heterocycles. The summed E-state index contributed by atoms with van der Waals surface area (Å²) in [4.78, 5) is 20.7. The molecule has 1 atom stereocenters. The summed E-state index contributed by atoms with van der Waals surface area (Å²) >= 11 is 0. The zero-order valence-electron chi connectivity index (χ0n) is 14.9. The van der Waals surface area contributed by atoms with Gasteiger partial charge in [0.2, 0.25) is 5.91 Å². The molecule has 0 radical (unpaired) electrons. The Kier molecular flexibility index (Phi) is 4.83. The van der Waals surface area contributed by atoms with Gasteiger partial charge >= 0.3 is 0 Å². The first-order chi connectivity index (χ1) is 13.1. The minimum absolute atomic E-state index is 0.0769. The van der Waals surface area contributed by atoms with E-state index in [2.05, 4.69) is 20.1 Å². The molecule has 2 aliphatic heterocycles. The van der Waals surface area contributed by atoms with Crippen molar-refractivity contribution in [1.29, 1.82) is 0 Å². The van der Waals surface area contributed by atoms with Crippen LogP contribution in [-0.2, 0) is 14.8 Å². The van der Waals surface area contributed by atoms with Gasteiger partial charge in [-0.15, -0.1) is 0 Å². The number of H-pyrrole nitrogens is 1. The van der Waals surface area contributed by atoms with Crippen LogP contribution in [0.3, 0.4) is 0 Å². The number of piperazine rings is 1. The number of hydrogen-bond donors (Lipinski definition) is 1. The predicted molar refractivity (Wildman–Crippen MR) is 98.5 cm³/mol. The first kappa shape index (κ1) is 17.9. The van der Waals surface area contributed by atoms with Crippen molar-refractivity contribution in [3.05, 3.63) is 36.7 Å². The number of para-hydroxylation sites is 1. The van der Waals surface area contributed by atoms with Gasteiger partial charge in [-0.2, -0.15) is 9.40 Å². The highest BCUT2D eigenvalue weighted by molar-refractivity contribution is 7.88. The standard InChI is InChI=1S/C17H22N6O3S/c24-16(15-7-4-8-23(15)14-5-2-1-3-6-14)21-9-11-22(12-10-21)27(25,26)17-18-13-19-20-17/h1-3,5-6,13,15H,4,7-12H2,(H,18,19,20). The summed E-state index contributed by atoms with van der Waals surface area (Å²) in [6.45, 7) is 2.14. The Bertz CT molecular complexity index is 879. The Morgan fingerprint density at radius 2 is 1.81 bits per heavy atom. The van der Waals surface area contributed by atoms with Crippen LogP contribution in [0.2, 0.25) is 0 Å². The van der Waals surface area contributed by atoms with Gasteiger partial charge in [0, 0.05) is 38.4 Å². The number of nitrogens with zero attached hydrogens (tertiary/aromatic N) is 5. The number of aromatic amines is 1. The van der Waals surface area contributed by atoms with Crippen LogP contribution in [0.25, 0.3) is 0 Å². The maximum Gasteiger partial charge on any atom is 0.278 e. The number of nitrogens with one attached hydrogen (secondary N) is 1. The van der Waals surface area contributed by atoms with E-state index in [0.29, 0.717) is 13.1 Å². The number of benzene rings is 1. The molecule has 27 heavy (non-hydrogen) atoms. The predicted octanol–water partition coefficient (Wildman–Crippen LogP) is 0.307. The summed E-state index contributed by atoms with van der Waals surface area (Å²) in [6, 6.07) is 9.78. The molecular weight excluding hydrogens is 368 g/mol. The molecule has 1 N–H and O–H groups in total. The molecule has 2 fully saturated rings. The van der Waals surface area contributed by atoms with Gasteiger partial charge in [-0.3, -0.25) is 4.79 Å². The molecule has 1 amide bonds. The van der Waals surface area contributed by atoms with Crippen molar-refractivity contribution < 1.29 is 13.2 Å². The van der Waals surface area contributed by atoms with Gasteiger partial charge in [0.05, 0.1) is 0 Å². The van der Waals surface area contributed by atoms with Crippen molar-refractivity contribution in [2.45, 2.75) is 24.0 Å². The van der Waals surface area contributed by atoms with E-state index in [0.717, 1.165) is 25.1 Å². The SMILES string of the molecule is O=C(C1CCCN1c1ccccc1)N1CCN(S(=O)(=O)c2ncn[nH]2)CC1. The molecule has 1 unspecified atom stereocenters. The second-order valence-electron chi connectivity index (χ2n) is 6.71. The molecular formula is C17H22N6O3S. The van der Waals surface area contributed by atoms with E-state index in [1.165, 1.54) is 10.6 Å². The first-order valence-corrected chi connectivity index (χ1v) is 10.5. The van der Waals surface area contributed by atoms with E-state index in [1.54, 1.807) is 4.90 Å². The van der Waals surface area contributed by atoms with Crippen LogP contribution in [0.4, 0.5) is 5.69 Å². The van der Waals surface area contributed by atoms with Crippen molar-refractivity contribution in [2.24, 2.45) is 0 Å². The van der Waals surface area contributed by atoms with Crippen molar-refractivity contribution in [2.75, 3.05) is 37.6 Å². The molecule has 1 aromatic carbocycles. The molecule has 144 valence electrons. The number of carbonyl (C=O) groups is 1. The Morgan fingerprint density at radius 3 is 2.48 bits per heavy atom. The average Bonchev–Trinajstić information content (AvgIpc) is 3.40. The lowest BCUT2D eigenvalue weighted by Gasteiger charge is -2.36. The fourth-order valence-electron chi connectivity index (χ4n) is 3.75. The Morgan fingerprint density at radius 1 is 1.07 bits per heavy atom. The first-order valence-electron chi connectivity index (χ1n) is 9.03. The highest BCUT2D eigenvalue weighted by Gasteiger charge is 2.37. The molecule has 0 spiro atoms. The quantitative estimate of drug-likeness (QED) is 0.806. The van der Waals surface area contributed by atoms with Crippen molar-refractivity contribution >= 4 is 21.6 Å². The smallest absolute Gasteiger partial charge is 0.278 e. The molecule has 0 saturated carbocycles. The number of amides is 1. The number of sulfonamides is 1. The second kappa shape index (κ2) is 7.28. The fraction of sp³-hybridized carbons (Fsp3) is 0.471. The number of anilines is 1. The maximum atomic E-state index is 13.1. The van der Waals surface area contributed by atoms with Crippen LogP contribution in [0.1, 0.15) is 12.8 Å². The van der Waals surface area contributed by atoms with Gasteiger partial charge in [0.1, 0.15) is 12.4 Å². The third-order valence-electron chi connectivity index (χ3n) is 5.15. The topological polar surface area (TPSA) is 102 Å². The highest BCUT2D eigenvalue weighted by Crippen LogP contribution is 2.27. The summed E-state index contributed by atoms with van der Waals surface area (Å²) in [5.41, 5.74) is 1.06. The molecule has 2 aliphatic rings. The second-order valence-corrected chi connectivity index (χ2v) is 8.56. The largest absolute Gasteiger partial charge is 0.360 e. The third kappa shape index (κ3) is 3.42. The minimum Gasteiger partial charge on any atom is -0.360 e. The minimum atomic E-state index is -3.68. The molecule has 2 aromatic rings. The summed E-state index contributed by atoms with van der Waals surface area (Å²) in [5.74, 6) is 0.0769. The summed E-state index contributed by atoms with van der Waals surface area (Å²) in [6.07, 6.45) is 2.97. The van der Waals surface area contributed by atoms with Gasteiger partial charge in [0.15, 0.2) is 0 Å². The van der Waals surface area contributed by atoms with Crippen LogP contribution >= 0.6 is 0 Å². The number of aromatic nitrogens is 3. The monoisotopic (exact) mass is 390 g/mol. The molecule has 0 aliphatic carbocycles. The Balaban J connectivity index is 1.41. The lowest BCUT2D eigenvalue weighted by molar-refractivity contribution is -0.133. The van der Waals surface area contributed by atoms with Crippen LogP contribution in [0, 0.1) is 0 Å². The van der Waals surface area contributed by atoms with Crippen LogP contribution in [0.15, 0.2) is 41.8 Å². The van der Waals surface area contributed by atoms with Crippen LogP contribution in [0.5, 0.6) is 0 Å². The number of carbonyl (C=O) groups excluding carboxylic acids is 1. The summed E-state index contributed by atoms with van der Waals surface area (Å²) in [7, 11) is -3.68. The average molecular weight is 390 g/mol. The summed E-state index contributed by atoms with van der Waals surface area (Å²) < 4.78 is 26.3.